The van der Waals surface area contributed by atoms with Gasteiger partial charge in [0.25, 0.3) is 5.56 Å². The molecular weight excluding hydrogens is 660 g/mol. The predicted molar refractivity (Wildman–Crippen MR) is 177 cm³/mol. The quantitative estimate of drug-likeness (QED) is 0.191. The minimum Gasteiger partial charge on any atom is -0.493 e. The zero-order chi connectivity index (χ0) is 32.1. The van der Waals surface area contributed by atoms with E-state index in [4.69, 9.17) is 28.7 Å². The summed E-state index contributed by atoms with van der Waals surface area (Å²) in [6, 6.07) is 17.5. The number of hydrogen-bond acceptors (Lipinski definition) is 9. The van der Waals surface area contributed by atoms with Crippen LogP contribution in [0.15, 0.2) is 80.5 Å². The summed E-state index contributed by atoms with van der Waals surface area (Å²) < 4.78 is 31.0. The topological polar surface area (TPSA) is 97.6 Å². The van der Waals surface area contributed by atoms with Crippen molar-refractivity contribution in [3.63, 3.8) is 0 Å². The Balaban J connectivity index is 1.83. The fraction of sp³-hybridized carbons (Fsp3) is 0.265. The van der Waals surface area contributed by atoms with Crippen LogP contribution in [0.1, 0.15) is 43.5 Å². The predicted octanol–water partition coefficient (Wildman–Crippen LogP) is 5.51. The van der Waals surface area contributed by atoms with Gasteiger partial charge in [0.15, 0.2) is 16.3 Å². The van der Waals surface area contributed by atoms with E-state index in [-0.39, 0.29) is 17.7 Å². The molecule has 1 aliphatic heterocycles. The van der Waals surface area contributed by atoms with Gasteiger partial charge in [0.05, 0.1) is 60.4 Å². The van der Waals surface area contributed by atoms with E-state index >= 15 is 0 Å². The van der Waals surface area contributed by atoms with E-state index in [2.05, 4.69) is 15.9 Å². The van der Waals surface area contributed by atoms with Gasteiger partial charge in [-0.05, 0) is 66.5 Å². The average molecular weight is 694 g/mol. The summed E-state index contributed by atoms with van der Waals surface area (Å²) in [6.45, 7) is 6.62. The molecule has 9 nitrogen and oxygen atoms in total. The molecule has 0 radical (unpaired) electrons. The van der Waals surface area contributed by atoms with Crippen molar-refractivity contribution in [2.75, 3.05) is 34.0 Å². The third kappa shape index (κ3) is 6.41. The van der Waals surface area contributed by atoms with Crippen LogP contribution in [0.25, 0.3) is 11.8 Å². The van der Waals surface area contributed by atoms with Crippen molar-refractivity contribution in [1.82, 2.24) is 4.57 Å². The first kappa shape index (κ1) is 32.1. The van der Waals surface area contributed by atoms with Gasteiger partial charge in [-0.15, -0.1) is 0 Å². The van der Waals surface area contributed by atoms with E-state index < -0.39 is 12.0 Å². The molecule has 1 aromatic heterocycles. The van der Waals surface area contributed by atoms with Gasteiger partial charge >= 0.3 is 5.97 Å². The Morgan fingerprint density at radius 3 is 2.29 bits per heavy atom. The largest absolute Gasteiger partial charge is 0.493 e. The molecule has 0 saturated heterocycles. The van der Waals surface area contributed by atoms with Crippen LogP contribution >= 0.6 is 27.3 Å². The highest BCUT2D eigenvalue weighted by atomic mass is 79.9. The number of fused-ring (bicyclic) bond motifs is 1. The molecule has 0 bridgehead atoms. The van der Waals surface area contributed by atoms with Crippen LogP contribution in [0.4, 0.5) is 0 Å². The summed E-state index contributed by atoms with van der Waals surface area (Å²) in [6.07, 6.45) is 1.78. The number of thiazole rings is 1. The molecule has 0 spiro atoms. The van der Waals surface area contributed by atoms with Gasteiger partial charge in [-0.2, -0.15) is 0 Å². The zero-order valence-corrected chi connectivity index (χ0v) is 28.0. The highest BCUT2D eigenvalue weighted by Gasteiger charge is 2.35. The molecule has 5 rings (SSSR count). The Morgan fingerprint density at radius 1 is 0.911 bits per heavy atom. The third-order valence-corrected chi connectivity index (χ3v) is 8.65. The van der Waals surface area contributed by atoms with Gasteiger partial charge in [-0.25, -0.2) is 9.79 Å². The van der Waals surface area contributed by atoms with Crippen molar-refractivity contribution in [2.24, 2.45) is 4.99 Å². The first-order chi connectivity index (χ1) is 21.8. The van der Waals surface area contributed by atoms with Gasteiger partial charge in [0.2, 0.25) is 0 Å². The Morgan fingerprint density at radius 2 is 1.62 bits per heavy atom. The molecule has 0 saturated carbocycles. The summed E-state index contributed by atoms with van der Waals surface area (Å²) >= 11 is 4.81. The number of carbonyl (C=O) groups is 1. The minimum atomic E-state index is -0.865. The van der Waals surface area contributed by atoms with Gasteiger partial charge in [0, 0.05) is 17.2 Å². The lowest BCUT2D eigenvalue weighted by atomic mass is 9.93. The maximum absolute atomic E-state index is 14.3. The number of nitrogens with zero attached hydrogens (tertiary/aromatic N) is 2. The first-order valence-electron chi connectivity index (χ1n) is 14.4. The monoisotopic (exact) mass is 692 g/mol. The van der Waals surface area contributed by atoms with E-state index in [1.807, 2.05) is 56.3 Å². The lowest BCUT2D eigenvalue weighted by Gasteiger charge is -2.26. The molecule has 11 heteroatoms. The molecule has 45 heavy (non-hydrogen) atoms. The van der Waals surface area contributed by atoms with Gasteiger partial charge in [0.1, 0.15) is 11.5 Å². The van der Waals surface area contributed by atoms with Crippen molar-refractivity contribution < 1.29 is 28.5 Å². The smallest absolute Gasteiger partial charge is 0.338 e. The van der Waals surface area contributed by atoms with Crippen molar-refractivity contribution >= 4 is 45.0 Å². The maximum atomic E-state index is 14.3. The van der Waals surface area contributed by atoms with Crippen LogP contribution in [-0.4, -0.2) is 44.6 Å². The summed E-state index contributed by atoms with van der Waals surface area (Å²) in [5, 5.41) is 0. The number of aromatic nitrogens is 1. The molecule has 1 aliphatic rings. The number of hydrogen-bond donors (Lipinski definition) is 0. The van der Waals surface area contributed by atoms with Crippen LogP contribution in [0.3, 0.4) is 0 Å². The highest BCUT2D eigenvalue weighted by Crippen LogP contribution is 2.39. The molecule has 2 heterocycles. The molecule has 0 aliphatic carbocycles. The standard InChI is InChI=1S/C34H33BrN2O7S/c1-6-42-25-19-26(43-7-2)23(35)16-22(25)18-28-32(38)37-31(21-14-15-24(40-4)27(17-21)41-5)29(33(39)44-8-3)30(36-34(37)45-28)20-12-10-9-11-13-20/h9-19,31H,6-8H2,1-5H3/b28-18-/t31-/m0/s1. The molecule has 0 N–H and O–H groups in total. The number of benzene rings is 3. The SMILES string of the molecule is CCOC(=O)C1=C(c2ccccc2)N=c2s/c(=C\c3cc(Br)c(OCC)cc3OCC)c(=O)n2[C@H]1c1ccc(OC)c(OC)c1. The van der Waals surface area contributed by atoms with Crippen molar-refractivity contribution in [3.8, 4) is 23.0 Å². The fourth-order valence-corrected chi connectivity index (χ4v) is 6.60. The van der Waals surface area contributed by atoms with Crippen LogP contribution in [0.5, 0.6) is 23.0 Å². The summed E-state index contributed by atoms with van der Waals surface area (Å²) in [5.74, 6) is 1.62. The van der Waals surface area contributed by atoms with E-state index in [0.29, 0.717) is 62.4 Å². The Kier molecular flexibility index (Phi) is 10.1. The van der Waals surface area contributed by atoms with Crippen molar-refractivity contribution in [3.05, 3.63) is 107 Å². The molecule has 0 amide bonds. The van der Waals surface area contributed by atoms with E-state index in [0.717, 1.165) is 10.0 Å². The molecule has 4 aromatic rings. The number of halogens is 1. The van der Waals surface area contributed by atoms with Gasteiger partial charge in [-0.1, -0.05) is 47.7 Å². The molecule has 3 aromatic carbocycles. The summed E-state index contributed by atoms with van der Waals surface area (Å²) in [7, 11) is 3.09. The summed E-state index contributed by atoms with van der Waals surface area (Å²) in [4.78, 5) is 33.4. The highest BCUT2D eigenvalue weighted by molar-refractivity contribution is 9.10. The fourth-order valence-electron chi connectivity index (χ4n) is 5.13. The minimum absolute atomic E-state index is 0.153. The van der Waals surface area contributed by atoms with E-state index in [9.17, 15) is 9.59 Å². The number of methoxy groups -OCH3 is 2. The second-order valence-electron chi connectivity index (χ2n) is 9.73. The molecular formula is C34H33BrN2O7S. The first-order valence-corrected chi connectivity index (χ1v) is 16.1. The Labute approximate surface area is 273 Å². The number of esters is 1. The lowest BCUT2D eigenvalue weighted by Crippen LogP contribution is -2.40. The van der Waals surface area contributed by atoms with E-state index in [1.165, 1.54) is 18.4 Å². The van der Waals surface area contributed by atoms with Crippen molar-refractivity contribution in [2.45, 2.75) is 26.8 Å². The molecule has 234 valence electrons. The van der Waals surface area contributed by atoms with Crippen LogP contribution in [0, 0.1) is 0 Å². The maximum Gasteiger partial charge on any atom is 0.338 e. The summed E-state index contributed by atoms with van der Waals surface area (Å²) in [5.41, 5.74) is 2.39. The van der Waals surface area contributed by atoms with Gasteiger partial charge < -0.3 is 23.7 Å². The molecule has 0 unspecified atom stereocenters. The van der Waals surface area contributed by atoms with Crippen LogP contribution in [-0.2, 0) is 9.53 Å². The normalized spacial score (nSPS) is 14.4. The average Bonchev–Trinajstić information content (AvgIpc) is 3.36. The Bertz CT molecular complexity index is 1930. The zero-order valence-electron chi connectivity index (χ0n) is 25.6. The molecule has 1 atom stereocenters. The van der Waals surface area contributed by atoms with Crippen molar-refractivity contribution in [1.29, 1.82) is 0 Å². The third-order valence-electron chi connectivity index (χ3n) is 7.05. The Hall–Kier alpha value is -4.35. The van der Waals surface area contributed by atoms with Gasteiger partial charge in [-0.3, -0.25) is 9.36 Å². The van der Waals surface area contributed by atoms with Crippen LogP contribution in [0.2, 0.25) is 0 Å². The number of rotatable bonds is 11. The second-order valence-corrected chi connectivity index (χ2v) is 11.6. The van der Waals surface area contributed by atoms with E-state index in [1.54, 1.807) is 42.9 Å². The second kappa shape index (κ2) is 14.2. The van der Waals surface area contributed by atoms with Crippen LogP contribution < -0.4 is 33.8 Å². The number of ether oxygens (including phenoxy) is 5. The molecule has 0 fully saturated rings. The lowest BCUT2D eigenvalue weighted by molar-refractivity contribution is -0.138. The number of carbonyl (C=O) groups excluding carboxylic acids is 1.